The van der Waals surface area contributed by atoms with E-state index < -0.39 is 0 Å². The number of carbonyl (C=O) groups excluding carboxylic acids is 2. The molecule has 1 unspecified atom stereocenters. The maximum absolute atomic E-state index is 12.6. The molecule has 24 heavy (non-hydrogen) atoms. The number of ketones is 2. The minimum Gasteiger partial charge on any atom is -0.399 e. The minimum atomic E-state index is -0.163. The van der Waals surface area contributed by atoms with E-state index in [0.29, 0.717) is 41.7 Å². The van der Waals surface area contributed by atoms with Gasteiger partial charge >= 0.3 is 0 Å². The second-order valence-corrected chi connectivity index (χ2v) is 9.07. The van der Waals surface area contributed by atoms with E-state index >= 15 is 0 Å². The molecular weight excluding hydrogens is 302 g/mol. The Kier molecular flexibility index (Phi) is 3.67. The monoisotopic (exact) mass is 331 g/mol. The molecule has 0 saturated heterocycles. The summed E-state index contributed by atoms with van der Waals surface area (Å²) in [6.45, 7) is 4.59. The minimum absolute atomic E-state index is 0.163. The molecule has 4 fully saturated rings. The number of Topliss-reactive ketones (excluding diaryl/α,β-unsaturated/α-hetero) is 2. The molecule has 0 heterocycles. The van der Waals surface area contributed by atoms with Crippen LogP contribution in [-0.4, -0.2) is 24.4 Å². The van der Waals surface area contributed by atoms with Crippen LogP contribution in [0.4, 0.5) is 0 Å². The standard InChI is InChI=1S/C20H29NO3/c1-19-8-6-13(22)10-12(19)11-16(21-24-3)18-14-4-5-17(23)20(14,2)9-7-15(18)19/h12,14-15,18H,4-11H2,1-3H3/b21-16+/t12?,14-,15-,18-,19-,20-/m0/s1. The second kappa shape index (κ2) is 5.40. The zero-order valence-electron chi connectivity index (χ0n) is 15.1. The van der Waals surface area contributed by atoms with Gasteiger partial charge in [0.25, 0.3) is 0 Å². The van der Waals surface area contributed by atoms with Gasteiger partial charge in [-0.25, -0.2) is 0 Å². The zero-order valence-corrected chi connectivity index (χ0v) is 15.1. The third-order valence-corrected chi connectivity index (χ3v) is 8.22. The van der Waals surface area contributed by atoms with Crippen LogP contribution in [0, 0.1) is 34.5 Å². The molecule has 4 aliphatic rings. The highest BCUT2D eigenvalue weighted by molar-refractivity contribution is 5.93. The fourth-order valence-electron chi connectivity index (χ4n) is 6.74. The highest BCUT2D eigenvalue weighted by atomic mass is 16.6. The van der Waals surface area contributed by atoms with E-state index in [1.165, 1.54) is 0 Å². The van der Waals surface area contributed by atoms with E-state index in [-0.39, 0.29) is 10.8 Å². The summed E-state index contributed by atoms with van der Waals surface area (Å²) in [5, 5.41) is 4.43. The van der Waals surface area contributed by atoms with Crippen molar-refractivity contribution in [1.82, 2.24) is 0 Å². The molecule has 0 aromatic heterocycles. The van der Waals surface area contributed by atoms with Crippen LogP contribution in [0.5, 0.6) is 0 Å². The molecule has 4 heteroatoms. The van der Waals surface area contributed by atoms with Crippen LogP contribution in [0.3, 0.4) is 0 Å². The van der Waals surface area contributed by atoms with Gasteiger partial charge in [0.2, 0.25) is 0 Å². The lowest BCUT2D eigenvalue weighted by Gasteiger charge is -2.59. The Morgan fingerprint density at radius 1 is 1.04 bits per heavy atom. The van der Waals surface area contributed by atoms with Crippen molar-refractivity contribution >= 4 is 17.3 Å². The van der Waals surface area contributed by atoms with E-state index in [4.69, 9.17) is 4.84 Å². The topological polar surface area (TPSA) is 55.7 Å². The lowest BCUT2D eigenvalue weighted by molar-refractivity contribution is -0.135. The van der Waals surface area contributed by atoms with Crippen LogP contribution in [0.25, 0.3) is 0 Å². The van der Waals surface area contributed by atoms with Crippen molar-refractivity contribution < 1.29 is 14.4 Å². The van der Waals surface area contributed by atoms with Gasteiger partial charge in [-0.2, -0.15) is 0 Å². The first-order valence-electron chi connectivity index (χ1n) is 9.55. The summed E-state index contributed by atoms with van der Waals surface area (Å²) in [6, 6.07) is 0. The Bertz CT molecular complexity index is 612. The number of rotatable bonds is 1. The van der Waals surface area contributed by atoms with Crippen molar-refractivity contribution in [2.75, 3.05) is 7.11 Å². The second-order valence-electron chi connectivity index (χ2n) is 9.07. The van der Waals surface area contributed by atoms with E-state index in [2.05, 4.69) is 19.0 Å². The normalized spacial score (nSPS) is 49.5. The molecule has 0 amide bonds. The molecule has 6 atom stereocenters. The molecule has 4 saturated carbocycles. The van der Waals surface area contributed by atoms with Crippen LogP contribution in [0.2, 0.25) is 0 Å². The first-order chi connectivity index (χ1) is 11.4. The summed E-state index contributed by atoms with van der Waals surface area (Å²) in [5.41, 5.74) is 1.19. The SMILES string of the molecule is CO/N=C1\CC2CC(=O)CC[C@]2(C)[C@H]2CC[C@]3(C)C(=O)CC[C@H]3[C@H]12. The molecule has 4 nitrogen and oxygen atoms in total. The molecule has 0 aromatic carbocycles. The number of carbonyl (C=O) groups is 2. The largest absolute Gasteiger partial charge is 0.399 e. The summed E-state index contributed by atoms with van der Waals surface area (Å²) < 4.78 is 0. The van der Waals surface area contributed by atoms with Crippen LogP contribution in [0.15, 0.2) is 5.16 Å². The molecule has 0 aliphatic heterocycles. The van der Waals surface area contributed by atoms with Gasteiger partial charge in [0.15, 0.2) is 0 Å². The Labute approximate surface area is 144 Å². The third kappa shape index (κ3) is 2.07. The van der Waals surface area contributed by atoms with Gasteiger partial charge in [0.1, 0.15) is 18.7 Å². The lowest BCUT2D eigenvalue weighted by Crippen LogP contribution is -2.57. The molecule has 0 N–H and O–H groups in total. The van der Waals surface area contributed by atoms with Crippen LogP contribution < -0.4 is 0 Å². The summed E-state index contributed by atoms with van der Waals surface area (Å²) >= 11 is 0. The summed E-state index contributed by atoms with van der Waals surface area (Å²) in [5.74, 6) is 2.58. The van der Waals surface area contributed by atoms with Crippen LogP contribution in [-0.2, 0) is 14.4 Å². The van der Waals surface area contributed by atoms with Crippen LogP contribution >= 0.6 is 0 Å². The Balaban J connectivity index is 1.76. The number of fused-ring (bicyclic) bond motifs is 5. The zero-order chi connectivity index (χ0) is 17.1. The van der Waals surface area contributed by atoms with Crippen molar-refractivity contribution in [1.29, 1.82) is 0 Å². The number of oxime groups is 1. The van der Waals surface area contributed by atoms with E-state index in [0.717, 1.165) is 50.7 Å². The number of nitrogens with zero attached hydrogens (tertiary/aromatic N) is 1. The predicted octanol–water partition coefficient (Wildman–Crippen LogP) is 3.78. The summed E-state index contributed by atoms with van der Waals surface area (Å²) in [6.07, 6.45) is 7.13. The van der Waals surface area contributed by atoms with Crippen molar-refractivity contribution in [2.45, 2.75) is 65.2 Å². The number of hydrogen-bond donors (Lipinski definition) is 0. The van der Waals surface area contributed by atoms with Gasteiger partial charge in [-0.05, 0) is 55.3 Å². The highest BCUT2D eigenvalue weighted by Crippen LogP contribution is 2.64. The summed E-state index contributed by atoms with van der Waals surface area (Å²) in [7, 11) is 1.61. The quantitative estimate of drug-likeness (QED) is 0.687. The fraction of sp³-hybridized carbons (Fsp3) is 0.850. The van der Waals surface area contributed by atoms with Gasteiger partial charge in [-0.15, -0.1) is 0 Å². The smallest absolute Gasteiger partial charge is 0.139 e. The first-order valence-corrected chi connectivity index (χ1v) is 9.55. The maximum Gasteiger partial charge on any atom is 0.139 e. The van der Waals surface area contributed by atoms with E-state index in [9.17, 15) is 9.59 Å². The van der Waals surface area contributed by atoms with Crippen molar-refractivity contribution in [3.8, 4) is 0 Å². The average Bonchev–Trinajstić information content (AvgIpc) is 2.85. The highest BCUT2D eigenvalue weighted by Gasteiger charge is 2.62. The van der Waals surface area contributed by atoms with Gasteiger partial charge in [0.05, 0.1) is 5.71 Å². The molecule has 4 aliphatic carbocycles. The van der Waals surface area contributed by atoms with Crippen LogP contribution in [0.1, 0.15) is 65.2 Å². The molecule has 132 valence electrons. The molecule has 0 aromatic rings. The van der Waals surface area contributed by atoms with Crippen molar-refractivity contribution in [2.24, 2.45) is 39.7 Å². The number of hydrogen-bond acceptors (Lipinski definition) is 4. The molecular formula is C20H29NO3. The maximum atomic E-state index is 12.6. The fourth-order valence-corrected chi connectivity index (χ4v) is 6.74. The van der Waals surface area contributed by atoms with Gasteiger partial charge in [0, 0.05) is 30.6 Å². The summed E-state index contributed by atoms with van der Waals surface area (Å²) in [4.78, 5) is 29.8. The van der Waals surface area contributed by atoms with Crippen molar-refractivity contribution in [3.05, 3.63) is 0 Å². The molecule has 0 radical (unpaired) electrons. The predicted molar refractivity (Wildman–Crippen MR) is 91.6 cm³/mol. The average molecular weight is 331 g/mol. The molecule has 4 rings (SSSR count). The first kappa shape index (κ1) is 16.3. The van der Waals surface area contributed by atoms with Crippen molar-refractivity contribution in [3.63, 3.8) is 0 Å². The van der Waals surface area contributed by atoms with E-state index in [1.807, 2.05) is 0 Å². The third-order valence-electron chi connectivity index (χ3n) is 8.22. The lowest BCUT2D eigenvalue weighted by atomic mass is 9.45. The molecule has 0 bridgehead atoms. The molecule has 0 spiro atoms. The van der Waals surface area contributed by atoms with Gasteiger partial charge in [-0.1, -0.05) is 19.0 Å². The Morgan fingerprint density at radius 3 is 2.58 bits per heavy atom. The Hall–Kier alpha value is -1.19. The Morgan fingerprint density at radius 2 is 1.83 bits per heavy atom. The van der Waals surface area contributed by atoms with E-state index in [1.54, 1.807) is 7.11 Å². The van der Waals surface area contributed by atoms with Gasteiger partial charge in [-0.3, -0.25) is 9.59 Å². The van der Waals surface area contributed by atoms with Gasteiger partial charge < -0.3 is 4.84 Å².